The number of H-pyrrole nitrogens is 1. The molecule has 0 fully saturated rings. The first kappa shape index (κ1) is 21.0. The first-order valence-electron chi connectivity index (χ1n) is 9.09. The van der Waals surface area contributed by atoms with Crippen molar-refractivity contribution < 1.29 is 22.3 Å². The van der Waals surface area contributed by atoms with Crippen LogP contribution in [0.25, 0.3) is 32.5 Å². The Bertz CT molecular complexity index is 1270. The molecule has 4 aromatic rings. The quantitative estimate of drug-likeness (QED) is 0.449. The number of alkyl halides is 3. The van der Waals surface area contributed by atoms with Crippen molar-refractivity contribution in [3.63, 3.8) is 0 Å². The van der Waals surface area contributed by atoms with E-state index >= 15 is 0 Å². The molecule has 31 heavy (non-hydrogen) atoms. The van der Waals surface area contributed by atoms with Crippen molar-refractivity contribution in [3.8, 4) is 32.5 Å². The summed E-state index contributed by atoms with van der Waals surface area (Å²) < 4.78 is 48.8. The predicted molar refractivity (Wildman–Crippen MR) is 110 cm³/mol. The molecule has 0 unspecified atom stereocenters. The standard InChI is InChI=1S/C21H16F3N3O3S/c1-11-17(31-19(25-11)12-3-6-15(7-4-12)21(22,23)24)13-5-8-16(14(9-13)10-29-2)18-26-27-20(28)30-18/h3-9H,10H2,1-2H3,(H,27,28). The van der Waals surface area contributed by atoms with Crippen molar-refractivity contribution in [2.75, 3.05) is 7.11 Å². The molecule has 0 aliphatic heterocycles. The fourth-order valence-corrected chi connectivity index (χ4v) is 4.22. The Morgan fingerprint density at radius 3 is 2.45 bits per heavy atom. The van der Waals surface area contributed by atoms with Gasteiger partial charge in [-0.25, -0.2) is 14.9 Å². The summed E-state index contributed by atoms with van der Waals surface area (Å²) in [5.41, 5.74) is 2.91. The Hall–Kier alpha value is -3.24. The molecule has 0 spiro atoms. The predicted octanol–water partition coefficient (Wildman–Crippen LogP) is 5.29. The topological polar surface area (TPSA) is 81.0 Å². The fourth-order valence-electron chi connectivity index (χ4n) is 3.15. The van der Waals surface area contributed by atoms with Gasteiger partial charge in [-0.05, 0) is 42.3 Å². The van der Waals surface area contributed by atoms with E-state index in [0.29, 0.717) is 16.1 Å². The van der Waals surface area contributed by atoms with Crippen LogP contribution >= 0.6 is 11.3 Å². The van der Waals surface area contributed by atoms with E-state index in [-0.39, 0.29) is 12.5 Å². The first-order chi connectivity index (χ1) is 14.8. The van der Waals surface area contributed by atoms with Gasteiger partial charge in [0.15, 0.2) is 0 Å². The molecule has 4 rings (SSSR count). The molecule has 0 radical (unpaired) electrons. The SMILES string of the molecule is COCc1cc(-c2sc(-c3ccc(C(F)(F)F)cc3)nc2C)ccc1-c1n[nH]c(=O)o1. The largest absolute Gasteiger partial charge is 0.434 e. The second-order valence-corrected chi connectivity index (χ2v) is 7.73. The summed E-state index contributed by atoms with van der Waals surface area (Å²) in [4.78, 5) is 16.7. The zero-order chi connectivity index (χ0) is 22.2. The number of rotatable bonds is 5. The lowest BCUT2D eigenvalue weighted by Crippen LogP contribution is -2.03. The number of nitrogens with one attached hydrogen (secondary N) is 1. The van der Waals surface area contributed by atoms with E-state index < -0.39 is 17.5 Å². The van der Waals surface area contributed by atoms with Crippen LogP contribution in [0, 0.1) is 6.92 Å². The highest BCUT2D eigenvalue weighted by atomic mass is 32.1. The van der Waals surface area contributed by atoms with Crippen molar-refractivity contribution in [2.45, 2.75) is 19.7 Å². The number of nitrogens with zero attached hydrogens (tertiary/aromatic N) is 2. The highest BCUT2D eigenvalue weighted by Gasteiger charge is 2.30. The van der Waals surface area contributed by atoms with E-state index in [1.807, 2.05) is 19.1 Å². The van der Waals surface area contributed by atoms with Crippen LogP contribution in [0.1, 0.15) is 16.8 Å². The minimum atomic E-state index is -4.38. The monoisotopic (exact) mass is 447 g/mol. The summed E-state index contributed by atoms with van der Waals surface area (Å²) in [5.74, 6) is -0.489. The van der Waals surface area contributed by atoms with Gasteiger partial charge in [0.25, 0.3) is 0 Å². The molecule has 6 nitrogen and oxygen atoms in total. The molecular formula is C21H16F3N3O3S. The Balaban J connectivity index is 1.71. The van der Waals surface area contributed by atoms with Crippen molar-refractivity contribution >= 4 is 11.3 Å². The summed E-state index contributed by atoms with van der Waals surface area (Å²) in [6.45, 7) is 2.11. The van der Waals surface area contributed by atoms with Crippen LogP contribution < -0.4 is 5.76 Å². The van der Waals surface area contributed by atoms with E-state index in [2.05, 4.69) is 15.2 Å². The average molecular weight is 447 g/mol. The molecule has 0 amide bonds. The van der Waals surface area contributed by atoms with Gasteiger partial charge in [0, 0.05) is 18.2 Å². The minimum absolute atomic E-state index is 0.162. The van der Waals surface area contributed by atoms with Crippen molar-refractivity contribution in [1.82, 2.24) is 15.2 Å². The number of benzene rings is 2. The number of halogens is 3. The molecular weight excluding hydrogens is 431 g/mol. The van der Waals surface area contributed by atoms with Crippen LogP contribution in [0.4, 0.5) is 13.2 Å². The highest BCUT2D eigenvalue weighted by molar-refractivity contribution is 7.18. The maximum Gasteiger partial charge on any atom is 0.434 e. The Morgan fingerprint density at radius 2 is 1.84 bits per heavy atom. The van der Waals surface area contributed by atoms with Gasteiger partial charge >= 0.3 is 11.9 Å². The third-order valence-corrected chi connectivity index (χ3v) is 5.85. The van der Waals surface area contributed by atoms with Crippen molar-refractivity contribution in [2.24, 2.45) is 0 Å². The number of methoxy groups -OCH3 is 1. The zero-order valence-electron chi connectivity index (χ0n) is 16.4. The number of aryl methyl sites for hydroxylation is 1. The molecule has 2 heterocycles. The summed E-state index contributed by atoms with van der Waals surface area (Å²) in [6, 6.07) is 10.5. The van der Waals surface area contributed by atoms with Gasteiger partial charge in [0.1, 0.15) is 5.01 Å². The number of thiazole rings is 1. The number of ether oxygens (including phenoxy) is 1. The molecule has 0 aliphatic carbocycles. The van der Waals surface area contributed by atoms with Gasteiger partial charge in [-0.1, -0.05) is 18.2 Å². The number of hydrogen-bond acceptors (Lipinski definition) is 6. The Labute approximate surface area is 178 Å². The van der Waals surface area contributed by atoms with Crippen molar-refractivity contribution in [3.05, 3.63) is 69.8 Å². The third-order valence-electron chi connectivity index (χ3n) is 4.59. The van der Waals surface area contributed by atoms with Crippen LogP contribution in [0.2, 0.25) is 0 Å². The van der Waals surface area contributed by atoms with Crippen LogP contribution in [-0.2, 0) is 17.5 Å². The van der Waals surface area contributed by atoms with Crippen LogP contribution in [0.3, 0.4) is 0 Å². The molecule has 2 aromatic carbocycles. The lowest BCUT2D eigenvalue weighted by Gasteiger charge is -2.08. The second-order valence-electron chi connectivity index (χ2n) is 6.73. The molecule has 0 saturated heterocycles. The Morgan fingerprint density at radius 1 is 1.13 bits per heavy atom. The number of aromatic nitrogens is 3. The van der Waals surface area contributed by atoms with E-state index in [1.54, 1.807) is 13.2 Å². The van der Waals surface area contributed by atoms with Crippen LogP contribution in [0.5, 0.6) is 0 Å². The molecule has 0 aliphatic rings. The average Bonchev–Trinajstić information content (AvgIpc) is 3.33. The third kappa shape index (κ3) is 4.30. The summed E-state index contributed by atoms with van der Waals surface area (Å²) >= 11 is 1.38. The smallest absolute Gasteiger partial charge is 0.388 e. The zero-order valence-corrected chi connectivity index (χ0v) is 17.2. The normalized spacial score (nSPS) is 11.8. The maximum absolute atomic E-state index is 12.8. The summed E-state index contributed by atoms with van der Waals surface area (Å²) in [5, 5.41) is 6.72. The fraction of sp³-hybridized carbons (Fsp3) is 0.190. The maximum atomic E-state index is 12.8. The van der Waals surface area contributed by atoms with E-state index in [0.717, 1.165) is 33.8 Å². The lowest BCUT2D eigenvalue weighted by atomic mass is 10.0. The van der Waals surface area contributed by atoms with Crippen LogP contribution in [0.15, 0.2) is 51.7 Å². The van der Waals surface area contributed by atoms with Gasteiger partial charge in [0.05, 0.1) is 22.7 Å². The molecule has 1 N–H and O–H groups in total. The Kier molecular flexibility index (Phi) is 5.50. The van der Waals surface area contributed by atoms with Crippen molar-refractivity contribution in [1.29, 1.82) is 0 Å². The molecule has 2 aromatic heterocycles. The molecule has 0 atom stereocenters. The number of hydrogen-bond donors (Lipinski definition) is 1. The van der Waals surface area contributed by atoms with Gasteiger partial charge in [-0.15, -0.1) is 16.4 Å². The highest BCUT2D eigenvalue weighted by Crippen LogP contribution is 2.38. The second kappa shape index (κ2) is 8.12. The molecule has 0 saturated carbocycles. The molecule has 160 valence electrons. The van der Waals surface area contributed by atoms with Gasteiger partial charge in [-0.3, -0.25) is 0 Å². The van der Waals surface area contributed by atoms with Gasteiger partial charge < -0.3 is 9.15 Å². The van der Waals surface area contributed by atoms with E-state index in [9.17, 15) is 18.0 Å². The first-order valence-corrected chi connectivity index (χ1v) is 9.91. The van der Waals surface area contributed by atoms with E-state index in [4.69, 9.17) is 9.15 Å². The van der Waals surface area contributed by atoms with Crippen LogP contribution in [-0.4, -0.2) is 22.3 Å². The molecule has 10 heteroatoms. The summed E-state index contributed by atoms with van der Waals surface area (Å²) in [6.07, 6.45) is -4.38. The van der Waals surface area contributed by atoms with Gasteiger partial charge in [0.2, 0.25) is 5.89 Å². The van der Waals surface area contributed by atoms with Gasteiger partial charge in [-0.2, -0.15) is 13.2 Å². The number of aromatic amines is 1. The minimum Gasteiger partial charge on any atom is -0.388 e. The molecule has 0 bridgehead atoms. The van der Waals surface area contributed by atoms with E-state index in [1.165, 1.54) is 23.5 Å². The lowest BCUT2D eigenvalue weighted by molar-refractivity contribution is -0.137. The summed E-state index contributed by atoms with van der Waals surface area (Å²) in [7, 11) is 1.55.